The Kier molecular flexibility index (Phi) is 4.02. The molecule has 1 fully saturated rings. The van der Waals surface area contributed by atoms with Gasteiger partial charge in [-0.2, -0.15) is 0 Å². The second-order valence-corrected chi connectivity index (χ2v) is 3.47. The van der Waals surface area contributed by atoms with Gasteiger partial charge < -0.3 is 15.0 Å². The molecule has 17 heavy (non-hydrogen) atoms. The molecule has 0 aromatic heterocycles. The van der Waals surface area contributed by atoms with Gasteiger partial charge >= 0.3 is 12.0 Å². The van der Waals surface area contributed by atoms with Crippen molar-refractivity contribution in [1.82, 2.24) is 15.1 Å². The van der Waals surface area contributed by atoms with E-state index in [-0.39, 0.29) is 19.6 Å². The molecule has 0 atom stereocenters. The quantitative estimate of drug-likeness (QED) is 0.463. The molecule has 0 aromatic carbocycles. The Morgan fingerprint density at radius 1 is 1.41 bits per heavy atom. The van der Waals surface area contributed by atoms with E-state index in [2.05, 4.69) is 10.1 Å². The van der Waals surface area contributed by atoms with E-state index >= 15 is 0 Å². The van der Waals surface area contributed by atoms with Crippen molar-refractivity contribution in [3.8, 4) is 0 Å². The number of carbonyl (C=O) groups is 4. The second kappa shape index (κ2) is 5.28. The largest absolute Gasteiger partial charge is 0.468 e. The zero-order valence-corrected chi connectivity index (χ0v) is 9.56. The van der Waals surface area contributed by atoms with Gasteiger partial charge in [-0.1, -0.05) is 0 Å². The molecular formula is C9H13N3O5. The van der Waals surface area contributed by atoms with Crippen molar-refractivity contribution in [2.75, 3.05) is 33.8 Å². The number of esters is 1. The highest BCUT2D eigenvalue weighted by Crippen LogP contribution is 2.06. The van der Waals surface area contributed by atoms with E-state index in [4.69, 9.17) is 0 Å². The molecule has 1 heterocycles. The van der Waals surface area contributed by atoms with Gasteiger partial charge in [0.05, 0.1) is 7.11 Å². The molecule has 1 aliphatic heterocycles. The molecule has 8 nitrogen and oxygen atoms in total. The highest BCUT2D eigenvalue weighted by Gasteiger charge is 2.34. The van der Waals surface area contributed by atoms with Crippen molar-refractivity contribution < 1.29 is 23.9 Å². The minimum absolute atomic E-state index is 0.0386. The number of amides is 4. The zero-order chi connectivity index (χ0) is 13.0. The van der Waals surface area contributed by atoms with Crippen LogP contribution in [0.4, 0.5) is 4.79 Å². The first-order chi connectivity index (χ1) is 7.95. The van der Waals surface area contributed by atoms with Crippen LogP contribution in [0.3, 0.4) is 0 Å². The van der Waals surface area contributed by atoms with E-state index in [0.29, 0.717) is 0 Å². The molecule has 0 radical (unpaired) electrons. The second-order valence-electron chi connectivity index (χ2n) is 3.47. The molecule has 0 spiro atoms. The number of methoxy groups -OCH3 is 1. The van der Waals surface area contributed by atoms with Crippen molar-refractivity contribution in [2.45, 2.75) is 0 Å². The maximum atomic E-state index is 11.4. The van der Waals surface area contributed by atoms with E-state index in [1.807, 2.05) is 0 Å². The Labute approximate surface area is 97.5 Å². The predicted molar refractivity (Wildman–Crippen MR) is 54.8 cm³/mol. The number of hydrogen-bond donors (Lipinski definition) is 1. The first-order valence-corrected chi connectivity index (χ1v) is 4.84. The van der Waals surface area contributed by atoms with Gasteiger partial charge in [-0.05, 0) is 0 Å². The van der Waals surface area contributed by atoms with Gasteiger partial charge in [0.25, 0.3) is 5.91 Å². The minimum atomic E-state index is -0.602. The average molecular weight is 243 g/mol. The Morgan fingerprint density at radius 3 is 2.53 bits per heavy atom. The summed E-state index contributed by atoms with van der Waals surface area (Å²) >= 11 is 0. The molecule has 1 rings (SSSR count). The summed E-state index contributed by atoms with van der Waals surface area (Å²) in [6.07, 6.45) is 0. The molecule has 0 bridgehead atoms. The molecule has 0 aromatic rings. The van der Waals surface area contributed by atoms with Crippen LogP contribution in [0.15, 0.2) is 0 Å². The Bertz CT molecular complexity index is 368. The van der Waals surface area contributed by atoms with E-state index in [0.717, 1.165) is 4.90 Å². The van der Waals surface area contributed by atoms with Gasteiger partial charge in [-0.3, -0.25) is 19.3 Å². The van der Waals surface area contributed by atoms with Crippen LogP contribution in [0, 0.1) is 0 Å². The zero-order valence-electron chi connectivity index (χ0n) is 9.56. The number of nitrogens with one attached hydrogen (secondary N) is 1. The fraction of sp³-hybridized carbons (Fsp3) is 0.556. The van der Waals surface area contributed by atoms with Gasteiger partial charge in [0.2, 0.25) is 5.91 Å². The van der Waals surface area contributed by atoms with Gasteiger partial charge in [-0.15, -0.1) is 0 Å². The fourth-order valence-electron chi connectivity index (χ4n) is 1.27. The highest BCUT2D eigenvalue weighted by molar-refractivity contribution is 6.04. The molecule has 8 heteroatoms. The molecule has 1 N–H and O–H groups in total. The van der Waals surface area contributed by atoms with E-state index in [1.54, 1.807) is 0 Å². The molecule has 0 aliphatic carbocycles. The Morgan fingerprint density at radius 2 is 2.06 bits per heavy atom. The average Bonchev–Trinajstić information content (AvgIpc) is 2.53. The van der Waals surface area contributed by atoms with Crippen LogP contribution in [-0.4, -0.2) is 67.4 Å². The number of imide groups is 1. The molecule has 1 saturated heterocycles. The lowest BCUT2D eigenvalue weighted by molar-refractivity contribution is -0.141. The lowest BCUT2D eigenvalue weighted by Gasteiger charge is -2.13. The summed E-state index contributed by atoms with van der Waals surface area (Å²) in [5.41, 5.74) is 0. The highest BCUT2D eigenvalue weighted by atomic mass is 16.5. The normalized spacial score (nSPS) is 15.2. The van der Waals surface area contributed by atoms with Crippen molar-refractivity contribution in [3.05, 3.63) is 0 Å². The number of rotatable bonds is 4. The fourth-order valence-corrected chi connectivity index (χ4v) is 1.27. The smallest absolute Gasteiger partial charge is 0.327 e. The van der Waals surface area contributed by atoms with Gasteiger partial charge in [0, 0.05) is 7.05 Å². The molecule has 4 amide bonds. The van der Waals surface area contributed by atoms with Crippen LogP contribution in [-0.2, 0) is 19.1 Å². The standard InChI is InChI=1S/C9H13N3O5/c1-11-5-7(14)12(9(11)16)4-6(13)10-3-8(15)17-2/h3-5H2,1-2H3,(H,10,13). The van der Waals surface area contributed by atoms with E-state index in [1.165, 1.54) is 19.1 Å². The third-order valence-corrected chi connectivity index (χ3v) is 2.19. The Hall–Kier alpha value is -2.12. The van der Waals surface area contributed by atoms with Crippen molar-refractivity contribution in [1.29, 1.82) is 0 Å². The first-order valence-electron chi connectivity index (χ1n) is 4.84. The summed E-state index contributed by atoms with van der Waals surface area (Å²) in [6.45, 7) is -0.719. The monoisotopic (exact) mass is 243 g/mol. The van der Waals surface area contributed by atoms with Crippen LogP contribution >= 0.6 is 0 Å². The lowest BCUT2D eigenvalue weighted by Crippen LogP contribution is -2.42. The minimum Gasteiger partial charge on any atom is -0.468 e. The third-order valence-electron chi connectivity index (χ3n) is 2.19. The summed E-state index contributed by atoms with van der Waals surface area (Å²) in [5.74, 6) is -1.63. The summed E-state index contributed by atoms with van der Waals surface area (Å²) in [4.78, 5) is 46.8. The lowest BCUT2D eigenvalue weighted by atomic mass is 10.4. The number of urea groups is 1. The van der Waals surface area contributed by atoms with Gasteiger partial charge in [-0.25, -0.2) is 4.79 Å². The van der Waals surface area contributed by atoms with Crippen molar-refractivity contribution in [2.24, 2.45) is 0 Å². The maximum absolute atomic E-state index is 11.4. The van der Waals surface area contributed by atoms with Crippen LogP contribution in [0.25, 0.3) is 0 Å². The predicted octanol–water partition coefficient (Wildman–Crippen LogP) is -1.83. The van der Waals surface area contributed by atoms with Crippen molar-refractivity contribution in [3.63, 3.8) is 0 Å². The summed E-state index contributed by atoms with van der Waals surface area (Å²) in [7, 11) is 2.66. The van der Waals surface area contributed by atoms with Gasteiger partial charge in [0.1, 0.15) is 19.6 Å². The van der Waals surface area contributed by atoms with Crippen LogP contribution in [0.5, 0.6) is 0 Å². The van der Waals surface area contributed by atoms with Crippen LogP contribution in [0.2, 0.25) is 0 Å². The molecule has 0 unspecified atom stereocenters. The number of nitrogens with zero attached hydrogens (tertiary/aromatic N) is 2. The third kappa shape index (κ3) is 3.16. The summed E-state index contributed by atoms with van der Waals surface area (Å²) in [5, 5.41) is 2.24. The Balaban J connectivity index is 2.44. The SMILES string of the molecule is COC(=O)CNC(=O)CN1C(=O)CN(C)C1=O. The molecule has 1 aliphatic rings. The summed E-state index contributed by atoms with van der Waals surface area (Å²) < 4.78 is 4.32. The van der Waals surface area contributed by atoms with Crippen molar-refractivity contribution >= 4 is 23.8 Å². The summed E-state index contributed by atoms with van der Waals surface area (Å²) in [6, 6.07) is -0.525. The molecule has 0 saturated carbocycles. The topological polar surface area (TPSA) is 96.0 Å². The molecular weight excluding hydrogens is 230 g/mol. The van der Waals surface area contributed by atoms with Crippen LogP contribution < -0.4 is 5.32 Å². The molecule has 94 valence electrons. The maximum Gasteiger partial charge on any atom is 0.327 e. The van der Waals surface area contributed by atoms with Crippen LogP contribution in [0.1, 0.15) is 0 Å². The number of hydrogen-bond acceptors (Lipinski definition) is 5. The van der Waals surface area contributed by atoms with Gasteiger partial charge in [0.15, 0.2) is 0 Å². The van der Waals surface area contributed by atoms with E-state index < -0.39 is 23.8 Å². The number of carbonyl (C=O) groups excluding carboxylic acids is 4. The number of ether oxygens (including phenoxy) is 1. The van der Waals surface area contributed by atoms with E-state index in [9.17, 15) is 19.2 Å². The number of likely N-dealkylation sites (N-methyl/N-ethyl adjacent to an activating group) is 1. The first kappa shape index (κ1) is 12.9.